The van der Waals surface area contributed by atoms with Gasteiger partial charge in [-0.15, -0.1) is 0 Å². The maximum atomic E-state index is 11.3. The number of phenols is 1. The molecule has 0 saturated heterocycles. The zero-order chi connectivity index (χ0) is 11.0. The third-order valence-electron chi connectivity index (χ3n) is 1.99. The minimum atomic E-state index is -0.488. The lowest BCUT2D eigenvalue weighted by Crippen LogP contribution is -2.29. The predicted molar refractivity (Wildman–Crippen MR) is 54.7 cm³/mol. The van der Waals surface area contributed by atoms with E-state index in [9.17, 15) is 14.7 Å². The summed E-state index contributed by atoms with van der Waals surface area (Å²) >= 11 is 5.71. The number of hydrogen-bond acceptors (Lipinski definition) is 3. The molecule has 1 N–H and O–H groups in total. The van der Waals surface area contributed by atoms with Crippen LogP contribution in [-0.4, -0.2) is 16.9 Å². The number of rotatable bonds is 1. The molecular weight excluding hydrogens is 218 g/mol. The third kappa shape index (κ3) is 1.59. The second kappa shape index (κ2) is 3.40. The maximum absolute atomic E-state index is 11.3. The van der Waals surface area contributed by atoms with Gasteiger partial charge >= 0.3 is 0 Å². The van der Waals surface area contributed by atoms with Gasteiger partial charge in [-0.1, -0.05) is 11.6 Å². The molecule has 0 atom stereocenters. The van der Waals surface area contributed by atoms with Gasteiger partial charge in [0.2, 0.25) is 0 Å². The van der Waals surface area contributed by atoms with Crippen molar-refractivity contribution in [3.63, 3.8) is 0 Å². The van der Waals surface area contributed by atoms with Crippen molar-refractivity contribution in [3.05, 3.63) is 35.4 Å². The fourth-order valence-electron chi connectivity index (χ4n) is 1.31. The third-order valence-corrected chi connectivity index (χ3v) is 2.22. The summed E-state index contributed by atoms with van der Waals surface area (Å²) in [5, 5.41) is 9.84. The van der Waals surface area contributed by atoms with Crippen LogP contribution in [0.1, 0.15) is 0 Å². The summed E-state index contributed by atoms with van der Waals surface area (Å²) in [6, 6.07) is 4.16. The van der Waals surface area contributed by atoms with Gasteiger partial charge in [-0.2, -0.15) is 0 Å². The van der Waals surface area contributed by atoms with Crippen molar-refractivity contribution in [2.45, 2.75) is 0 Å². The van der Waals surface area contributed by atoms with Crippen LogP contribution in [-0.2, 0) is 9.59 Å². The molecule has 15 heavy (non-hydrogen) atoms. The summed E-state index contributed by atoms with van der Waals surface area (Å²) in [5.41, 5.74) is 0.0995. The minimum Gasteiger partial charge on any atom is -0.506 e. The number of benzene rings is 1. The Bertz CT molecular complexity index is 464. The number of carbonyl (C=O) groups excluding carboxylic acids is 2. The van der Waals surface area contributed by atoms with Crippen molar-refractivity contribution in [3.8, 4) is 5.75 Å². The Labute approximate surface area is 90.4 Å². The maximum Gasteiger partial charge on any atom is 0.258 e. The SMILES string of the molecule is O=C1C=CC(=O)N1c1cc(Cl)ccc1O. The zero-order valence-corrected chi connectivity index (χ0v) is 8.23. The molecule has 0 aliphatic carbocycles. The summed E-state index contributed by atoms with van der Waals surface area (Å²) in [5.74, 6) is -1.14. The molecule has 76 valence electrons. The normalized spacial score (nSPS) is 15.1. The van der Waals surface area contributed by atoms with Gasteiger partial charge in [-0.05, 0) is 18.2 Å². The van der Waals surface area contributed by atoms with Crippen molar-refractivity contribution >= 4 is 29.1 Å². The largest absolute Gasteiger partial charge is 0.506 e. The number of nitrogens with zero attached hydrogens (tertiary/aromatic N) is 1. The first-order chi connectivity index (χ1) is 7.09. The summed E-state index contributed by atoms with van der Waals surface area (Å²) in [6.07, 6.45) is 2.28. The number of anilines is 1. The Balaban J connectivity index is 2.50. The van der Waals surface area contributed by atoms with E-state index in [1.54, 1.807) is 0 Å². The minimum absolute atomic E-state index is 0.0995. The van der Waals surface area contributed by atoms with E-state index in [1.165, 1.54) is 18.2 Å². The molecule has 2 amide bonds. The van der Waals surface area contributed by atoms with Crippen LogP contribution in [0.3, 0.4) is 0 Å². The Hall–Kier alpha value is -1.81. The molecule has 1 aromatic rings. The van der Waals surface area contributed by atoms with E-state index in [0.717, 1.165) is 17.1 Å². The van der Waals surface area contributed by atoms with E-state index in [2.05, 4.69) is 0 Å². The Morgan fingerprint density at radius 1 is 1.13 bits per heavy atom. The second-order valence-electron chi connectivity index (χ2n) is 2.98. The molecule has 1 heterocycles. The average molecular weight is 224 g/mol. The van der Waals surface area contributed by atoms with Crippen LogP contribution in [0.5, 0.6) is 5.75 Å². The number of amides is 2. The second-order valence-corrected chi connectivity index (χ2v) is 3.41. The molecule has 1 aliphatic rings. The lowest BCUT2D eigenvalue weighted by atomic mass is 10.2. The topological polar surface area (TPSA) is 57.6 Å². The van der Waals surface area contributed by atoms with E-state index in [-0.39, 0.29) is 11.4 Å². The Morgan fingerprint density at radius 3 is 2.33 bits per heavy atom. The molecule has 1 aliphatic heterocycles. The quantitative estimate of drug-likeness (QED) is 0.734. The van der Waals surface area contributed by atoms with E-state index in [1.807, 2.05) is 0 Å². The van der Waals surface area contributed by atoms with Gasteiger partial charge < -0.3 is 5.11 Å². The van der Waals surface area contributed by atoms with Gasteiger partial charge in [0.15, 0.2) is 0 Å². The van der Waals surface area contributed by atoms with Gasteiger partial charge in [-0.25, -0.2) is 4.90 Å². The highest BCUT2D eigenvalue weighted by molar-refractivity contribution is 6.32. The number of hydrogen-bond donors (Lipinski definition) is 1. The molecule has 0 fully saturated rings. The molecular formula is C10H6ClNO3. The Kier molecular flexibility index (Phi) is 2.21. The summed E-state index contributed by atoms with van der Waals surface area (Å²) in [6.45, 7) is 0. The molecule has 0 radical (unpaired) electrons. The number of imide groups is 1. The summed E-state index contributed by atoms with van der Waals surface area (Å²) < 4.78 is 0. The highest BCUT2D eigenvalue weighted by Crippen LogP contribution is 2.31. The number of aromatic hydroxyl groups is 1. The average Bonchev–Trinajstić information content (AvgIpc) is 2.51. The molecule has 2 rings (SSSR count). The van der Waals surface area contributed by atoms with Crippen molar-refractivity contribution in [1.82, 2.24) is 0 Å². The van der Waals surface area contributed by atoms with Crippen molar-refractivity contribution in [2.75, 3.05) is 4.90 Å². The lowest BCUT2D eigenvalue weighted by Gasteiger charge is -2.15. The van der Waals surface area contributed by atoms with Crippen molar-refractivity contribution in [1.29, 1.82) is 0 Å². The molecule has 4 nitrogen and oxygen atoms in total. The molecule has 0 spiro atoms. The summed E-state index contributed by atoms with van der Waals surface area (Å²) in [7, 11) is 0. The molecule has 0 aromatic heterocycles. The standard InChI is InChI=1S/C10H6ClNO3/c11-6-1-2-8(13)7(5-6)12-9(14)3-4-10(12)15/h1-5,13H. The van der Waals surface area contributed by atoms with Gasteiger partial charge in [-0.3, -0.25) is 9.59 Å². The first-order valence-electron chi connectivity index (χ1n) is 4.14. The summed E-state index contributed by atoms with van der Waals surface area (Å²) in [4.78, 5) is 23.5. The van der Waals surface area contributed by atoms with E-state index < -0.39 is 11.8 Å². The first-order valence-corrected chi connectivity index (χ1v) is 4.52. The van der Waals surface area contributed by atoms with Crippen molar-refractivity contribution in [2.24, 2.45) is 0 Å². The highest BCUT2D eigenvalue weighted by Gasteiger charge is 2.27. The van der Waals surface area contributed by atoms with Gasteiger partial charge in [0.05, 0.1) is 5.69 Å². The predicted octanol–water partition coefficient (Wildman–Crippen LogP) is 1.47. The van der Waals surface area contributed by atoms with Crippen LogP contribution in [0.15, 0.2) is 30.4 Å². The number of halogens is 1. The fraction of sp³-hybridized carbons (Fsp3) is 0. The van der Waals surface area contributed by atoms with E-state index >= 15 is 0 Å². The van der Waals surface area contributed by atoms with Crippen molar-refractivity contribution < 1.29 is 14.7 Å². The smallest absolute Gasteiger partial charge is 0.258 e. The molecule has 0 bridgehead atoms. The van der Waals surface area contributed by atoms with E-state index in [0.29, 0.717) is 5.02 Å². The van der Waals surface area contributed by atoms with Crippen LogP contribution in [0.4, 0.5) is 5.69 Å². The van der Waals surface area contributed by atoms with Gasteiger partial charge in [0.1, 0.15) is 5.75 Å². The Morgan fingerprint density at radius 2 is 1.73 bits per heavy atom. The first kappa shape index (κ1) is 9.73. The van der Waals surface area contributed by atoms with E-state index in [4.69, 9.17) is 11.6 Å². The number of carbonyl (C=O) groups is 2. The molecule has 1 aromatic carbocycles. The van der Waals surface area contributed by atoms with Crippen LogP contribution < -0.4 is 4.90 Å². The number of phenolic OH excluding ortho intramolecular Hbond substituents is 1. The molecule has 0 saturated carbocycles. The van der Waals surface area contributed by atoms with Gasteiger partial charge in [0, 0.05) is 17.2 Å². The highest BCUT2D eigenvalue weighted by atomic mass is 35.5. The van der Waals surface area contributed by atoms with Crippen LogP contribution in [0.2, 0.25) is 5.02 Å². The molecule has 0 unspecified atom stereocenters. The molecule has 5 heteroatoms. The van der Waals surface area contributed by atoms with Gasteiger partial charge in [0.25, 0.3) is 11.8 Å². The zero-order valence-electron chi connectivity index (χ0n) is 7.48. The van der Waals surface area contributed by atoms with Crippen LogP contribution in [0.25, 0.3) is 0 Å². The van der Waals surface area contributed by atoms with Crippen LogP contribution >= 0.6 is 11.6 Å². The lowest BCUT2D eigenvalue weighted by molar-refractivity contribution is -0.120. The fourth-order valence-corrected chi connectivity index (χ4v) is 1.48. The van der Waals surface area contributed by atoms with Crippen LogP contribution in [0, 0.1) is 0 Å². The monoisotopic (exact) mass is 223 g/mol.